The van der Waals surface area contributed by atoms with Crippen molar-refractivity contribution >= 4 is 22.9 Å². The van der Waals surface area contributed by atoms with Gasteiger partial charge in [-0.25, -0.2) is 9.78 Å². The van der Waals surface area contributed by atoms with Gasteiger partial charge in [-0.3, -0.25) is 4.79 Å². The standard InChI is InChI=1S/C14H15N3O4/c1-8(14(19)21-3)15-13(18)12-9(2)17(20)11-7-5-4-6-10(11)16-12/h4-8H,1-3H3,(H,15,18). The second-order valence-electron chi connectivity index (χ2n) is 4.55. The van der Waals surface area contributed by atoms with Crippen LogP contribution in [-0.2, 0) is 9.53 Å². The molecule has 1 unspecified atom stereocenters. The van der Waals surface area contributed by atoms with Crippen LogP contribution in [0.15, 0.2) is 24.3 Å². The van der Waals surface area contributed by atoms with Gasteiger partial charge in [-0.15, -0.1) is 0 Å². The Hall–Kier alpha value is -2.70. The molecule has 0 spiro atoms. The van der Waals surface area contributed by atoms with Gasteiger partial charge in [0.25, 0.3) is 5.91 Å². The summed E-state index contributed by atoms with van der Waals surface area (Å²) in [5, 5.41) is 14.6. The lowest BCUT2D eigenvalue weighted by Gasteiger charge is -2.12. The minimum absolute atomic E-state index is 0.0144. The smallest absolute Gasteiger partial charge is 0.328 e. The molecule has 2 aromatic rings. The largest absolute Gasteiger partial charge is 0.618 e. The maximum absolute atomic E-state index is 12.2. The lowest BCUT2D eigenvalue weighted by molar-refractivity contribution is -0.584. The number of nitrogens with zero attached hydrogens (tertiary/aromatic N) is 2. The molecule has 0 aliphatic carbocycles. The molecule has 0 fully saturated rings. The summed E-state index contributed by atoms with van der Waals surface area (Å²) in [6.07, 6.45) is 0. The van der Waals surface area contributed by atoms with Crippen molar-refractivity contribution in [3.8, 4) is 0 Å². The van der Waals surface area contributed by atoms with Crippen molar-refractivity contribution in [2.45, 2.75) is 19.9 Å². The van der Waals surface area contributed by atoms with Crippen LogP contribution in [0.3, 0.4) is 0 Å². The fourth-order valence-corrected chi connectivity index (χ4v) is 1.92. The molecule has 2 rings (SSSR count). The molecular weight excluding hydrogens is 274 g/mol. The Morgan fingerprint density at radius 1 is 1.38 bits per heavy atom. The van der Waals surface area contributed by atoms with Crippen molar-refractivity contribution in [3.05, 3.63) is 40.9 Å². The molecule has 0 saturated carbocycles. The van der Waals surface area contributed by atoms with Gasteiger partial charge in [0.15, 0.2) is 5.69 Å². The highest BCUT2D eigenvalue weighted by atomic mass is 16.5. The van der Waals surface area contributed by atoms with Crippen molar-refractivity contribution in [1.82, 2.24) is 10.3 Å². The SMILES string of the molecule is COC(=O)C(C)NC(=O)c1nc2ccccc2[n+]([O-])c1C. The average molecular weight is 289 g/mol. The molecule has 1 aromatic heterocycles. The number of rotatable bonds is 3. The third-order valence-corrected chi connectivity index (χ3v) is 3.10. The van der Waals surface area contributed by atoms with Gasteiger partial charge in [0, 0.05) is 13.0 Å². The number of hydrogen-bond donors (Lipinski definition) is 1. The minimum Gasteiger partial charge on any atom is -0.618 e. The summed E-state index contributed by atoms with van der Waals surface area (Å²) in [6, 6.07) is 5.89. The molecule has 0 bridgehead atoms. The minimum atomic E-state index is -0.824. The van der Waals surface area contributed by atoms with Crippen LogP contribution in [-0.4, -0.2) is 30.0 Å². The van der Waals surface area contributed by atoms with Gasteiger partial charge in [-0.1, -0.05) is 12.1 Å². The highest BCUT2D eigenvalue weighted by Crippen LogP contribution is 2.10. The van der Waals surface area contributed by atoms with E-state index in [1.807, 2.05) is 0 Å². The molecule has 7 nitrogen and oxygen atoms in total. The first-order valence-electron chi connectivity index (χ1n) is 6.33. The summed E-state index contributed by atoms with van der Waals surface area (Å²) >= 11 is 0. The Morgan fingerprint density at radius 2 is 2.05 bits per heavy atom. The molecule has 0 aliphatic rings. The van der Waals surface area contributed by atoms with E-state index in [9.17, 15) is 14.8 Å². The second kappa shape index (κ2) is 5.74. The van der Waals surface area contributed by atoms with Crippen LogP contribution in [0.5, 0.6) is 0 Å². The topological polar surface area (TPSA) is 95.2 Å². The number of hydrogen-bond acceptors (Lipinski definition) is 5. The number of carbonyl (C=O) groups excluding carboxylic acids is 2. The highest BCUT2D eigenvalue weighted by molar-refractivity contribution is 5.96. The molecule has 1 atom stereocenters. The molecule has 1 amide bonds. The van der Waals surface area contributed by atoms with Crippen molar-refractivity contribution < 1.29 is 19.1 Å². The molecule has 7 heteroatoms. The van der Waals surface area contributed by atoms with Crippen molar-refractivity contribution in [2.75, 3.05) is 7.11 Å². The van der Waals surface area contributed by atoms with Crippen molar-refractivity contribution in [3.63, 3.8) is 0 Å². The molecular formula is C14H15N3O4. The zero-order chi connectivity index (χ0) is 15.6. The molecule has 1 N–H and O–H groups in total. The number of carbonyl (C=O) groups is 2. The summed E-state index contributed by atoms with van der Waals surface area (Å²) in [6.45, 7) is 3.00. The van der Waals surface area contributed by atoms with Crippen LogP contribution in [0.1, 0.15) is 23.1 Å². The van der Waals surface area contributed by atoms with Crippen molar-refractivity contribution in [1.29, 1.82) is 0 Å². The number of esters is 1. The van der Waals surface area contributed by atoms with E-state index < -0.39 is 17.9 Å². The summed E-state index contributed by atoms with van der Waals surface area (Å²) in [5.74, 6) is -1.17. The third kappa shape index (κ3) is 2.76. The van der Waals surface area contributed by atoms with Crippen LogP contribution in [0.25, 0.3) is 11.0 Å². The molecule has 110 valence electrons. The number of para-hydroxylation sites is 2. The van der Waals surface area contributed by atoms with Gasteiger partial charge in [-0.05, 0) is 13.0 Å². The lowest BCUT2D eigenvalue weighted by atomic mass is 10.2. The molecule has 0 saturated heterocycles. The number of nitrogens with one attached hydrogen (secondary N) is 1. The van der Waals surface area contributed by atoms with E-state index in [1.54, 1.807) is 24.3 Å². The van der Waals surface area contributed by atoms with Gasteiger partial charge in [0.05, 0.1) is 7.11 Å². The van der Waals surface area contributed by atoms with Crippen LogP contribution < -0.4 is 10.0 Å². The molecule has 0 aliphatic heterocycles. The first-order valence-corrected chi connectivity index (χ1v) is 6.33. The maximum Gasteiger partial charge on any atom is 0.328 e. The normalized spacial score (nSPS) is 12.0. The van der Waals surface area contributed by atoms with Crippen molar-refractivity contribution in [2.24, 2.45) is 0 Å². The van der Waals surface area contributed by atoms with E-state index >= 15 is 0 Å². The van der Waals surface area contributed by atoms with Gasteiger partial charge in [0.1, 0.15) is 11.6 Å². The third-order valence-electron chi connectivity index (χ3n) is 3.10. The number of aromatic nitrogens is 2. The Labute approximate surface area is 121 Å². The molecule has 1 aromatic carbocycles. The summed E-state index contributed by atoms with van der Waals surface area (Å²) in [7, 11) is 1.23. The van der Waals surface area contributed by atoms with Crippen LogP contribution in [0, 0.1) is 12.1 Å². The Morgan fingerprint density at radius 3 is 2.71 bits per heavy atom. The molecule has 1 heterocycles. The van der Waals surface area contributed by atoms with E-state index in [-0.39, 0.29) is 11.4 Å². The highest BCUT2D eigenvalue weighted by Gasteiger charge is 2.24. The average Bonchev–Trinajstić information content (AvgIpc) is 2.49. The summed E-state index contributed by atoms with van der Waals surface area (Å²) < 4.78 is 5.18. The summed E-state index contributed by atoms with van der Waals surface area (Å²) in [5.41, 5.74) is 0.948. The van der Waals surface area contributed by atoms with Crippen LogP contribution in [0.2, 0.25) is 0 Å². The fourth-order valence-electron chi connectivity index (χ4n) is 1.92. The quantitative estimate of drug-likeness (QED) is 0.503. The number of methoxy groups -OCH3 is 1. The zero-order valence-electron chi connectivity index (χ0n) is 11.9. The fraction of sp³-hybridized carbons (Fsp3) is 0.286. The lowest BCUT2D eigenvalue weighted by Crippen LogP contribution is -2.42. The Bertz CT molecular complexity index is 715. The van der Waals surface area contributed by atoms with Crippen LogP contribution >= 0.6 is 0 Å². The monoisotopic (exact) mass is 289 g/mol. The Kier molecular flexibility index (Phi) is 4.02. The number of benzene rings is 1. The molecule has 21 heavy (non-hydrogen) atoms. The number of amides is 1. The van der Waals surface area contributed by atoms with Gasteiger partial charge in [0.2, 0.25) is 11.2 Å². The van der Waals surface area contributed by atoms with Gasteiger partial charge < -0.3 is 15.3 Å². The predicted molar refractivity (Wildman–Crippen MR) is 74.4 cm³/mol. The zero-order valence-corrected chi connectivity index (χ0v) is 11.9. The number of ether oxygens (including phenoxy) is 1. The van der Waals surface area contributed by atoms with Gasteiger partial charge >= 0.3 is 5.97 Å². The maximum atomic E-state index is 12.2. The Balaban J connectivity index is 2.40. The van der Waals surface area contributed by atoms with Gasteiger partial charge in [-0.2, -0.15) is 4.73 Å². The van der Waals surface area contributed by atoms with E-state index in [0.29, 0.717) is 15.8 Å². The first-order chi connectivity index (χ1) is 9.95. The van der Waals surface area contributed by atoms with E-state index in [2.05, 4.69) is 15.0 Å². The van der Waals surface area contributed by atoms with E-state index in [1.165, 1.54) is 21.0 Å². The summed E-state index contributed by atoms with van der Waals surface area (Å²) in [4.78, 5) is 27.7. The predicted octanol–water partition coefficient (Wildman–Crippen LogP) is 0.468. The second-order valence-corrected chi connectivity index (χ2v) is 4.55. The van der Waals surface area contributed by atoms with E-state index in [4.69, 9.17) is 0 Å². The van der Waals surface area contributed by atoms with E-state index in [0.717, 1.165) is 0 Å². The number of fused-ring (bicyclic) bond motifs is 1. The van der Waals surface area contributed by atoms with Crippen LogP contribution in [0.4, 0.5) is 0 Å². The first kappa shape index (κ1) is 14.7. The molecule has 0 radical (unpaired) electrons.